The molecule has 1 aromatic rings. The van der Waals surface area contributed by atoms with Crippen molar-refractivity contribution in [3.05, 3.63) is 18.2 Å². The summed E-state index contributed by atoms with van der Waals surface area (Å²) < 4.78 is -0.722. The number of primary amides is 1. The van der Waals surface area contributed by atoms with Gasteiger partial charge in [0.1, 0.15) is 12.1 Å². The predicted molar refractivity (Wildman–Crippen MR) is 93.3 cm³/mol. The molecule has 0 aliphatic carbocycles. The minimum Gasteiger partial charge on any atom is -0.364 e. The molecule has 0 saturated carbocycles. The number of aromatic amines is 1. The van der Waals surface area contributed by atoms with Gasteiger partial charge in [-0.2, -0.15) is 4.48 Å². The van der Waals surface area contributed by atoms with Gasteiger partial charge in [-0.15, -0.1) is 0 Å². The number of imidazole rings is 1. The summed E-state index contributed by atoms with van der Waals surface area (Å²) in [6.45, 7) is 1.92. The van der Waals surface area contributed by atoms with Gasteiger partial charge in [-0.25, -0.2) is 14.6 Å². The summed E-state index contributed by atoms with van der Waals surface area (Å²) in [4.78, 5) is 57.4. The molecule has 2 saturated heterocycles. The normalized spacial score (nSPS) is 31.5. The van der Waals surface area contributed by atoms with E-state index < -0.39 is 40.3 Å². The average Bonchev–Trinajstić information content (AvgIpc) is 3.33. The van der Waals surface area contributed by atoms with E-state index in [9.17, 15) is 19.2 Å². The second-order valence-corrected chi connectivity index (χ2v) is 7.44. The molecule has 4 amide bonds. The van der Waals surface area contributed by atoms with Gasteiger partial charge in [0.15, 0.2) is 6.04 Å². The Morgan fingerprint density at radius 2 is 2.15 bits per heavy atom. The molecule has 0 bridgehead atoms. The third-order valence-corrected chi connectivity index (χ3v) is 5.61. The van der Waals surface area contributed by atoms with Gasteiger partial charge in [-0.1, -0.05) is 6.92 Å². The average molecular weight is 377 g/mol. The number of likely N-dealkylation sites (tertiary alicyclic amines) is 1. The summed E-state index contributed by atoms with van der Waals surface area (Å²) in [5, 5.41) is 2.64. The first-order valence-electron chi connectivity index (χ1n) is 9.05. The molecule has 2 aliphatic rings. The van der Waals surface area contributed by atoms with E-state index in [1.807, 2.05) is 0 Å². The first kappa shape index (κ1) is 19.2. The molecule has 0 radical (unpaired) electrons. The highest BCUT2D eigenvalue weighted by Gasteiger charge is 2.61. The lowest BCUT2D eigenvalue weighted by atomic mass is 9.98. The molecular weight excluding hydrogens is 352 g/mol. The molecule has 5 atom stereocenters. The topological polar surface area (TPSA) is 161 Å². The lowest BCUT2D eigenvalue weighted by Crippen LogP contribution is -2.70. The Morgan fingerprint density at radius 3 is 2.70 bits per heavy atom. The Labute approximate surface area is 156 Å². The van der Waals surface area contributed by atoms with Crippen LogP contribution in [-0.2, 0) is 25.6 Å². The van der Waals surface area contributed by atoms with Gasteiger partial charge in [0, 0.05) is 37.6 Å². The highest BCUT2D eigenvalue weighted by molar-refractivity contribution is 5.97. The Bertz CT molecular complexity index is 763. The summed E-state index contributed by atoms with van der Waals surface area (Å²) in [7, 11) is 0. The van der Waals surface area contributed by atoms with Crippen LogP contribution in [0.4, 0.5) is 0 Å². The number of quaternary nitrogens is 1. The summed E-state index contributed by atoms with van der Waals surface area (Å²) in [6.07, 6.45) is 4.21. The molecule has 10 nitrogen and oxygen atoms in total. The molecule has 1 unspecified atom stereocenters. The molecular formula is C17H25N6O4+. The molecule has 1 aromatic heterocycles. The molecule has 0 aromatic carbocycles. The Kier molecular flexibility index (Phi) is 5.11. The Morgan fingerprint density at radius 1 is 1.41 bits per heavy atom. The van der Waals surface area contributed by atoms with Gasteiger partial charge >= 0.3 is 11.8 Å². The van der Waals surface area contributed by atoms with E-state index in [2.05, 4.69) is 15.3 Å². The Hall–Kier alpha value is -2.59. The Balaban J connectivity index is 1.95. The van der Waals surface area contributed by atoms with Gasteiger partial charge in [0.05, 0.1) is 12.9 Å². The smallest absolute Gasteiger partial charge is 0.344 e. The lowest BCUT2D eigenvalue weighted by Gasteiger charge is -2.37. The van der Waals surface area contributed by atoms with Crippen molar-refractivity contribution in [2.45, 2.75) is 50.7 Å². The molecule has 146 valence electrons. The van der Waals surface area contributed by atoms with Crippen LogP contribution in [0.2, 0.25) is 0 Å². The summed E-state index contributed by atoms with van der Waals surface area (Å²) in [5.41, 5.74) is 12.3. The standard InChI is InChI=1S/C17H24N6O4/c1-9-5-13(24)22-14(9)17(27)23(4-2-3-12(23)15(19)25)16(26)11(18)6-10-7-20-8-21-10/h7-9,11-12,14H,2-6,18H2,1H3,(H3-,19,20,21,22,24,25)/p+1/t9-,11-,12-,14-,23?/m0/s1. The first-order chi connectivity index (χ1) is 12.8. The minimum atomic E-state index is -1.01. The summed E-state index contributed by atoms with van der Waals surface area (Å²) in [5.74, 6) is -2.28. The molecule has 2 aliphatic heterocycles. The number of nitrogens with zero attached hydrogens (tertiary/aromatic N) is 2. The zero-order valence-corrected chi connectivity index (χ0v) is 15.2. The fraction of sp³-hybridized carbons (Fsp3) is 0.588. The highest BCUT2D eigenvalue weighted by Crippen LogP contribution is 2.33. The van der Waals surface area contributed by atoms with E-state index in [0.717, 1.165) is 0 Å². The van der Waals surface area contributed by atoms with Crippen molar-refractivity contribution in [3.63, 3.8) is 0 Å². The van der Waals surface area contributed by atoms with Crippen molar-refractivity contribution in [3.8, 4) is 0 Å². The zero-order chi connectivity index (χ0) is 19.8. The van der Waals surface area contributed by atoms with E-state index in [1.165, 1.54) is 6.33 Å². The molecule has 0 spiro atoms. The van der Waals surface area contributed by atoms with Crippen LogP contribution in [0.5, 0.6) is 0 Å². The molecule has 6 N–H and O–H groups in total. The van der Waals surface area contributed by atoms with Crippen molar-refractivity contribution in [2.75, 3.05) is 6.54 Å². The van der Waals surface area contributed by atoms with E-state index in [1.54, 1.807) is 13.1 Å². The predicted octanol–water partition coefficient (Wildman–Crippen LogP) is -1.68. The molecule has 2 fully saturated rings. The molecule has 3 heterocycles. The zero-order valence-electron chi connectivity index (χ0n) is 15.2. The van der Waals surface area contributed by atoms with Gasteiger partial charge in [0.25, 0.3) is 5.91 Å². The van der Waals surface area contributed by atoms with Crippen molar-refractivity contribution in [1.29, 1.82) is 0 Å². The number of nitrogens with two attached hydrogens (primary N) is 2. The number of imide groups is 1. The SMILES string of the molecule is C[C@H]1CC(=O)N[C@@H]1C(=O)[N+]1(C(=O)[C@@H](N)Cc2cnc[nH]2)CCC[C@H]1C(N)=O. The maximum Gasteiger partial charge on any atom is 0.344 e. The quantitative estimate of drug-likeness (QED) is 0.448. The second kappa shape index (κ2) is 7.20. The maximum atomic E-state index is 13.4. The van der Waals surface area contributed by atoms with Crippen LogP contribution in [0, 0.1) is 5.92 Å². The van der Waals surface area contributed by atoms with Crippen molar-refractivity contribution in [2.24, 2.45) is 17.4 Å². The van der Waals surface area contributed by atoms with Crippen LogP contribution in [0.25, 0.3) is 0 Å². The number of carbonyl (C=O) groups excluding carboxylic acids is 4. The van der Waals surface area contributed by atoms with Crippen LogP contribution in [-0.4, -0.2) is 62.7 Å². The number of hydrogen-bond donors (Lipinski definition) is 4. The van der Waals surface area contributed by atoms with Gasteiger partial charge in [-0.3, -0.25) is 9.59 Å². The highest BCUT2D eigenvalue weighted by atomic mass is 16.2. The largest absolute Gasteiger partial charge is 0.364 e. The van der Waals surface area contributed by atoms with Crippen LogP contribution in [0.1, 0.15) is 31.9 Å². The van der Waals surface area contributed by atoms with E-state index in [-0.39, 0.29) is 31.2 Å². The summed E-state index contributed by atoms with van der Waals surface area (Å²) >= 11 is 0. The number of nitrogens with one attached hydrogen (secondary N) is 2. The maximum absolute atomic E-state index is 13.4. The van der Waals surface area contributed by atoms with Crippen LogP contribution < -0.4 is 16.8 Å². The number of hydrogen-bond acceptors (Lipinski definition) is 6. The second-order valence-electron chi connectivity index (χ2n) is 7.44. The lowest BCUT2D eigenvalue weighted by molar-refractivity contribution is -0.783. The number of carbonyl (C=O) groups is 4. The van der Waals surface area contributed by atoms with Crippen molar-refractivity contribution < 1.29 is 23.7 Å². The molecule has 10 heteroatoms. The van der Waals surface area contributed by atoms with E-state index >= 15 is 0 Å². The van der Waals surface area contributed by atoms with Crippen LogP contribution in [0.3, 0.4) is 0 Å². The monoisotopic (exact) mass is 377 g/mol. The summed E-state index contributed by atoms with van der Waals surface area (Å²) in [6, 6.07) is -2.81. The first-order valence-corrected chi connectivity index (χ1v) is 9.05. The minimum absolute atomic E-state index is 0.154. The molecule has 3 rings (SSSR count). The van der Waals surface area contributed by atoms with Crippen LogP contribution in [0.15, 0.2) is 12.5 Å². The fourth-order valence-corrected chi connectivity index (χ4v) is 4.26. The van der Waals surface area contributed by atoms with Gasteiger partial charge < -0.3 is 21.8 Å². The third kappa shape index (κ3) is 3.26. The van der Waals surface area contributed by atoms with E-state index in [0.29, 0.717) is 18.5 Å². The number of rotatable bonds is 5. The van der Waals surface area contributed by atoms with Gasteiger partial charge in [0.2, 0.25) is 5.91 Å². The van der Waals surface area contributed by atoms with Crippen molar-refractivity contribution in [1.82, 2.24) is 15.3 Å². The van der Waals surface area contributed by atoms with Gasteiger partial charge in [-0.05, 0) is 5.92 Å². The van der Waals surface area contributed by atoms with Crippen LogP contribution >= 0.6 is 0 Å². The molecule has 27 heavy (non-hydrogen) atoms. The van der Waals surface area contributed by atoms with Crippen molar-refractivity contribution >= 4 is 23.6 Å². The third-order valence-electron chi connectivity index (χ3n) is 5.61. The number of aromatic nitrogens is 2. The number of H-pyrrole nitrogens is 1. The van der Waals surface area contributed by atoms with E-state index in [4.69, 9.17) is 11.5 Å². The fourth-order valence-electron chi connectivity index (χ4n) is 4.26. The number of amides is 4.